The number of phenolic OH excluding ortho intramolecular Hbond substituents is 2. The maximum atomic E-state index is 12.6. The van der Waals surface area contributed by atoms with E-state index in [0.717, 1.165) is 68.9 Å². The first-order chi connectivity index (χ1) is 14.1. The van der Waals surface area contributed by atoms with Gasteiger partial charge in [0, 0.05) is 0 Å². The second-order valence-corrected chi connectivity index (χ2v) is 7.59. The normalized spacial score (nSPS) is 10.8. The minimum atomic E-state index is -0.656. The molecule has 2 N–H and O–H groups in total. The molecule has 0 unspecified atom stereocenters. The van der Waals surface area contributed by atoms with Crippen LogP contribution in [0, 0.1) is 0 Å². The number of hydrogen-bond donors (Lipinski definition) is 2. The zero-order chi connectivity index (χ0) is 21.1. The third-order valence-electron chi connectivity index (χ3n) is 5.22. The summed E-state index contributed by atoms with van der Waals surface area (Å²) in [5.74, 6) is -0.538. The molecular weight excluding hydrogens is 364 g/mol. The maximum Gasteiger partial charge on any atom is 0.347 e. The first kappa shape index (κ1) is 22.8. The molecular formula is C25H34O4. The molecule has 0 saturated carbocycles. The van der Waals surface area contributed by atoms with E-state index in [1.54, 1.807) is 24.3 Å². The van der Waals surface area contributed by atoms with Crippen molar-refractivity contribution in [3.63, 3.8) is 0 Å². The van der Waals surface area contributed by atoms with Gasteiger partial charge in [0.25, 0.3) is 0 Å². The highest BCUT2D eigenvalue weighted by Gasteiger charge is 2.18. The van der Waals surface area contributed by atoms with Crippen LogP contribution in [0.5, 0.6) is 17.2 Å². The van der Waals surface area contributed by atoms with Gasteiger partial charge >= 0.3 is 5.97 Å². The number of aromatic hydroxyl groups is 2. The van der Waals surface area contributed by atoms with E-state index in [0.29, 0.717) is 0 Å². The minimum absolute atomic E-state index is 0.00700. The van der Waals surface area contributed by atoms with Crippen LogP contribution in [0.1, 0.15) is 86.7 Å². The van der Waals surface area contributed by atoms with Crippen molar-refractivity contribution in [1.82, 2.24) is 0 Å². The molecule has 29 heavy (non-hydrogen) atoms. The lowest BCUT2D eigenvalue weighted by Crippen LogP contribution is -2.10. The summed E-state index contributed by atoms with van der Waals surface area (Å²) in [6.07, 6.45) is 10.3. The lowest BCUT2D eigenvalue weighted by molar-refractivity contribution is 0.0726. The van der Waals surface area contributed by atoms with Crippen LogP contribution in [0.2, 0.25) is 0 Å². The summed E-state index contributed by atoms with van der Waals surface area (Å²) in [7, 11) is 0. The van der Waals surface area contributed by atoms with Crippen molar-refractivity contribution in [3.8, 4) is 17.2 Å². The Bertz CT molecular complexity index is 782. The number of rotatable bonds is 12. The van der Waals surface area contributed by atoms with E-state index in [1.165, 1.54) is 6.42 Å². The van der Waals surface area contributed by atoms with E-state index >= 15 is 0 Å². The molecule has 4 heteroatoms. The van der Waals surface area contributed by atoms with Gasteiger partial charge in [-0.25, -0.2) is 4.79 Å². The summed E-state index contributed by atoms with van der Waals surface area (Å²) in [6, 6.07) is 10.4. The molecule has 0 aliphatic heterocycles. The standard InChI is InChI=1S/C25H34O4/c1-3-5-7-9-13-19-15-11-17-21(23(19)26)25(28)29-22-18-12-16-20(24(22)27)14-10-8-6-4-2/h11-12,15-18,26-27H,3-10,13-14H2,1-2H3. The fourth-order valence-electron chi connectivity index (χ4n) is 3.45. The van der Waals surface area contributed by atoms with Crippen LogP contribution in [0.4, 0.5) is 0 Å². The number of benzene rings is 2. The molecule has 0 fully saturated rings. The number of phenols is 2. The number of esters is 1. The smallest absolute Gasteiger partial charge is 0.347 e. The Morgan fingerprint density at radius 1 is 0.759 bits per heavy atom. The SMILES string of the molecule is CCCCCCc1cccc(OC(=O)c2cccc(CCCCCC)c2O)c1O. The van der Waals surface area contributed by atoms with Crippen molar-refractivity contribution in [2.45, 2.75) is 78.1 Å². The molecule has 0 amide bonds. The Morgan fingerprint density at radius 2 is 1.31 bits per heavy atom. The van der Waals surface area contributed by atoms with E-state index < -0.39 is 5.97 Å². The van der Waals surface area contributed by atoms with Crippen LogP contribution in [0.3, 0.4) is 0 Å². The zero-order valence-corrected chi connectivity index (χ0v) is 17.7. The van der Waals surface area contributed by atoms with E-state index in [-0.39, 0.29) is 22.8 Å². The fraction of sp³-hybridized carbons (Fsp3) is 0.480. The van der Waals surface area contributed by atoms with Crippen LogP contribution in [-0.2, 0) is 12.8 Å². The van der Waals surface area contributed by atoms with Gasteiger partial charge < -0.3 is 14.9 Å². The van der Waals surface area contributed by atoms with E-state index in [1.807, 2.05) is 12.1 Å². The Morgan fingerprint density at radius 3 is 1.90 bits per heavy atom. The first-order valence-corrected chi connectivity index (χ1v) is 10.9. The molecule has 0 radical (unpaired) electrons. The number of ether oxygens (including phenoxy) is 1. The minimum Gasteiger partial charge on any atom is -0.507 e. The van der Waals surface area contributed by atoms with Crippen molar-refractivity contribution in [2.24, 2.45) is 0 Å². The van der Waals surface area contributed by atoms with Crippen molar-refractivity contribution in [1.29, 1.82) is 0 Å². The summed E-state index contributed by atoms with van der Waals surface area (Å²) in [5, 5.41) is 21.0. The molecule has 0 aromatic heterocycles. The van der Waals surface area contributed by atoms with Gasteiger partial charge in [0.15, 0.2) is 11.5 Å². The molecule has 0 bridgehead atoms. The Labute approximate surface area is 174 Å². The molecule has 2 aromatic rings. The summed E-state index contributed by atoms with van der Waals surface area (Å²) >= 11 is 0. The molecule has 158 valence electrons. The third-order valence-corrected chi connectivity index (χ3v) is 5.22. The van der Waals surface area contributed by atoms with Gasteiger partial charge in [-0.1, -0.05) is 76.6 Å². The Hall–Kier alpha value is -2.49. The summed E-state index contributed by atoms with van der Waals surface area (Å²) in [6.45, 7) is 4.32. The highest BCUT2D eigenvalue weighted by Crippen LogP contribution is 2.33. The molecule has 0 atom stereocenters. The summed E-state index contributed by atoms with van der Waals surface area (Å²) < 4.78 is 5.43. The van der Waals surface area contributed by atoms with E-state index in [9.17, 15) is 15.0 Å². The fourth-order valence-corrected chi connectivity index (χ4v) is 3.45. The molecule has 0 aliphatic rings. The van der Waals surface area contributed by atoms with E-state index in [4.69, 9.17) is 4.74 Å². The number of unbranched alkanes of at least 4 members (excludes halogenated alkanes) is 6. The number of carbonyl (C=O) groups is 1. The predicted octanol–water partition coefficient (Wildman–Crippen LogP) is 6.56. The highest BCUT2D eigenvalue weighted by molar-refractivity contribution is 5.94. The molecule has 0 heterocycles. The maximum absolute atomic E-state index is 12.6. The number of aryl methyl sites for hydroxylation is 2. The highest BCUT2D eigenvalue weighted by atomic mass is 16.5. The van der Waals surface area contributed by atoms with Gasteiger partial charge in [-0.05, 0) is 48.9 Å². The van der Waals surface area contributed by atoms with Gasteiger partial charge in [0.2, 0.25) is 0 Å². The monoisotopic (exact) mass is 398 g/mol. The Balaban J connectivity index is 2.06. The first-order valence-electron chi connectivity index (χ1n) is 10.9. The molecule has 2 aromatic carbocycles. The van der Waals surface area contributed by atoms with Crippen LogP contribution < -0.4 is 4.74 Å². The summed E-state index contributed by atoms with van der Waals surface area (Å²) in [4.78, 5) is 12.6. The molecule has 2 rings (SSSR count). The molecule has 0 aliphatic carbocycles. The molecule has 0 saturated heterocycles. The average molecular weight is 399 g/mol. The second-order valence-electron chi connectivity index (χ2n) is 7.59. The van der Waals surface area contributed by atoms with Gasteiger partial charge in [-0.15, -0.1) is 0 Å². The number of carbonyl (C=O) groups excluding carboxylic acids is 1. The number of hydrogen-bond acceptors (Lipinski definition) is 4. The van der Waals surface area contributed by atoms with Crippen molar-refractivity contribution in [2.75, 3.05) is 0 Å². The molecule has 4 nitrogen and oxygen atoms in total. The zero-order valence-electron chi connectivity index (χ0n) is 17.7. The summed E-state index contributed by atoms with van der Waals surface area (Å²) in [5.41, 5.74) is 1.66. The van der Waals surface area contributed by atoms with Gasteiger partial charge in [0.05, 0.1) is 0 Å². The van der Waals surface area contributed by atoms with Gasteiger partial charge in [0.1, 0.15) is 11.3 Å². The van der Waals surface area contributed by atoms with Crippen molar-refractivity contribution >= 4 is 5.97 Å². The number of para-hydroxylation sites is 2. The van der Waals surface area contributed by atoms with Crippen LogP contribution in [0.25, 0.3) is 0 Å². The topological polar surface area (TPSA) is 66.8 Å². The third kappa shape index (κ3) is 6.81. The largest absolute Gasteiger partial charge is 0.507 e. The Kier molecular flexibility index (Phi) is 9.55. The lowest BCUT2D eigenvalue weighted by Gasteiger charge is -2.12. The van der Waals surface area contributed by atoms with Crippen molar-refractivity contribution < 1.29 is 19.7 Å². The van der Waals surface area contributed by atoms with Crippen LogP contribution in [-0.4, -0.2) is 16.2 Å². The van der Waals surface area contributed by atoms with Crippen LogP contribution >= 0.6 is 0 Å². The lowest BCUT2D eigenvalue weighted by atomic mass is 10.0. The average Bonchev–Trinajstić information content (AvgIpc) is 2.72. The van der Waals surface area contributed by atoms with Crippen LogP contribution in [0.15, 0.2) is 36.4 Å². The van der Waals surface area contributed by atoms with E-state index in [2.05, 4.69) is 13.8 Å². The second kappa shape index (κ2) is 12.2. The van der Waals surface area contributed by atoms with Crippen molar-refractivity contribution in [3.05, 3.63) is 53.1 Å². The van der Waals surface area contributed by atoms with Gasteiger partial charge in [-0.3, -0.25) is 0 Å². The van der Waals surface area contributed by atoms with Gasteiger partial charge in [-0.2, -0.15) is 0 Å². The molecule has 0 spiro atoms. The quantitative estimate of drug-likeness (QED) is 0.241. The predicted molar refractivity (Wildman–Crippen MR) is 117 cm³/mol.